The van der Waals surface area contributed by atoms with Crippen LogP contribution in [0.5, 0.6) is 5.88 Å². The van der Waals surface area contributed by atoms with Crippen molar-refractivity contribution in [3.63, 3.8) is 0 Å². The number of nitrogens with zero attached hydrogens (tertiary/aromatic N) is 1. The maximum absolute atomic E-state index is 5.52. The first-order valence-corrected chi connectivity index (χ1v) is 6.57. The molecule has 0 atom stereocenters. The maximum Gasteiger partial charge on any atom is 0.214 e. The van der Waals surface area contributed by atoms with Gasteiger partial charge >= 0.3 is 0 Å². The molecule has 0 fully saturated rings. The smallest absolute Gasteiger partial charge is 0.214 e. The molecule has 0 aliphatic rings. The zero-order valence-electron chi connectivity index (χ0n) is 11.1. The van der Waals surface area contributed by atoms with Gasteiger partial charge in [-0.05, 0) is 31.5 Å². The Balaban J connectivity index is 2.34. The van der Waals surface area contributed by atoms with Crippen LogP contribution in [0.1, 0.15) is 25.8 Å². The number of hydrogen-bond acceptors (Lipinski definition) is 3. The van der Waals surface area contributed by atoms with Crippen LogP contribution in [0, 0.1) is 0 Å². The van der Waals surface area contributed by atoms with Gasteiger partial charge in [-0.3, -0.25) is 0 Å². The largest absolute Gasteiger partial charge is 0.478 e. The van der Waals surface area contributed by atoms with Crippen molar-refractivity contribution in [2.24, 2.45) is 0 Å². The zero-order valence-corrected chi connectivity index (χ0v) is 11.1. The SMILES string of the molecule is CCCNCc1cc(OCC)nc2ccccc12. The van der Waals surface area contributed by atoms with E-state index in [1.54, 1.807) is 0 Å². The molecule has 0 unspecified atom stereocenters. The minimum atomic E-state index is 0.646. The molecule has 0 aliphatic carbocycles. The van der Waals surface area contributed by atoms with Crippen LogP contribution < -0.4 is 10.1 Å². The summed E-state index contributed by atoms with van der Waals surface area (Å²) in [5.41, 5.74) is 2.24. The van der Waals surface area contributed by atoms with Crippen molar-refractivity contribution in [3.8, 4) is 5.88 Å². The highest BCUT2D eigenvalue weighted by molar-refractivity contribution is 5.82. The van der Waals surface area contributed by atoms with E-state index in [0.29, 0.717) is 12.5 Å². The van der Waals surface area contributed by atoms with Gasteiger partial charge in [0.15, 0.2) is 0 Å². The molecule has 18 heavy (non-hydrogen) atoms. The minimum absolute atomic E-state index is 0.646. The molecule has 0 aliphatic heterocycles. The second-order valence-corrected chi connectivity index (χ2v) is 4.25. The van der Waals surface area contributed by atoms with Gasteiger partial charge in [-0.1, -0.05) is 25.1 Å². The number of ether oxygens (including phenoxy) is 1. The minimum Gasteiger partial charge on any atom is -0.478 e. The summed E-state index contributed by atoms with van der Waals surface area (Å²) in [4.78, 5) is 4.50. The van der Waals surface area contributed by atoms with E-state index >= 15 is 0 Å². The Kier molecular flexibility index (Phi) is 4.53. The maximum atomic E-state index is 5.52. The van der Waals surface area contributed by atoms with E-state index in [4.69, 9.17) is 4.74 Å². The molecule has 0 saturated carbocycles. The van der Waals surface area contributed by atoms with Gasteiger partial charge in [0, 0.05) is 18.0 Å². The average molecular weight is 244 g/mol. The number of pyridine rings is 1. The van der Waals surface area contributed by atoms with E-state index in [2.05, 4.69) is 23.3 Å². The lowest BCUT2D eigenvalue weighted by atomic mass is 10.1. The molecular formula is C15H20N2O. The molecule has 0 spiro atoms. The van der Waals surface area contributed by atoms with E-state index in [1.165, 1.54) is 10.9 Å². The fourth-order valence-electron chi connectivity index (χ4n) is 1.99. The van der Waals surface area contributed by atoms with Gasteiger partial charge in [0.05, 0.1) is 12.1 Å². The van der Waals surface area contributed by atoms with Gasteiger partial charge in [-0.15, -0.1) is 0 Å². The first-order valence-electron chi connectivity index (χ1n) is 6.57. The number of para-hydroxylation sites is 1. The van der Waals surface area contributed by atoms with Gasteiger partial charge in [0.2, 0.25) is 5.88 Å². The van der Waals surface area contributed by atoms with Crippen LogP contribution in [0.25, 0.3) is 10.9 Å². The second kappa shape index (κ2) is 6.36. The summed E-state index contributed by atoms with van der Waals surface area (Å²) in [6, 6.07) is 10.2. The molecule has 0 amide bonds. The quantitative estimate of drug-likeness (QED) is 0.793. The molecule has 3 nitrogen and oxygen atoms in total. The first-order chi connectivity index (χ1) is 8.85. The summed E-state index contributed by atoms with van der Waals surface area (Å²) >= 11 is 0. The van der Waals surface area contributed by atoms with Crippen LogP contribution in [-0.2, 0) is 6.54 Å². The highest BCUT2D eigenvalue weighted by Crippen LogP contribution is 2.21. The Morgan fingerprint density at radius 3 is 2.83 bits per heavy atom. The van der Waals surface area contributed by atoms with Gasteiger partial charge < -0.3 is 10.1 Å². The van der Waals surface area contributed by atoms with Gasteiger partial charge in [-0.25, -0.2) is 4.98 Å². The van der Waals surface area contributed by atoms with Crippen LogP contribution in [0.4, 0.5) is 0 Å². The Labute approximate surface area is 108 Å². The molecule has 2 rings (SSSR count). The number of benzene rings is 1. The summed E-state index contributed by atoms with van der Waals surface area (Å²) in [6.07, 6.45) is 1.14. The third-order valence-electron chi connectivity index (χ3n) is 2.81. The molecular weight excluding hydrogens is 224 g/mol. The van der Waals surface area contributed by atoms with Crippen LogP contribution in [0.3, 0.4) is 0 Å². The topological polar surface area (TPSA) is 34.1 Å². The van der Waals surface area contributed by atoms with Crippen molar-refractivity contribution in [2.75, 3.05) is 13.2 Å². The predicted molar refractivity (Wildman–Crippen MR) is 74.9 cm³/mol. The molecule has 0 bridgehead atoms. The predicted octanol–water partition coefficient (Wildman–Crippen LogP) is 3.13. The molecule has 2 aromatic rings. The number of nitrogens with one attached hydrogen (secondary N) is 1. The average Bonchev–Trinajstić information content (AvgIpc) is 2.39. The van der Waals surface area contributed by atoms with Crippen LogP contribution >= 0.6 is 0 Å². The summed E-state index contributed by atoms with van der Waals surface area (Å²) in [6.45, 7) is 6.68. The fraction of sp³-hybridized carbons (Fsp3) is 0.400. The first kappa shape index (κ1) is 12.8. The molecule has 1 heterocycles. The van der Waals surface area contributed by atoms with Crippen molar-refractivity contribution in [1.82, 2.24) is 10.3 Å². The Hall–Kier alpha value is -1.61. The van der Waals surface area contributed by atoms with Crippen molar-refractivity contribution in [2.45, 2.75) is 26.8 Å². The third kappa shape index (κ3) is 2.99. The molecule has 1 aromatic carbocycles. The van der Waals surface area contributed by atoms with Crippen LogP contribution in [-0.4, -0.2) is 18.1 Å². The van der Waals surface area contributed by atoms with E-state index < -0.39 is 0 Å². The number of hydrogen-bond donors (Lipinski definition) is 1. The molecule has 1 N–H and O–H groups in total. The summed E-state index contributed by atoms with van der Waals surface area (Å²) in [5, 5.41) is 4.63. The molecule has 3 heteroatoms. The third-order valence-corrected chi connectivity index (χ3v) is 2.81. The van der Waals surface area contributed by atoms with Gasteiger partial charge in [-0.2, -0.15) is 0 Å². The Bertz CT molecular complexity index is 511. The van der Waals surface area contributed by atoms with E-state index in [-0.39, 0.29) is 0 Å². The summed E-state index contributed by atoms with van der Waals surface area (Å²) in [7, 11) is 0. The highest BCUT2D eigenvalue weighted by atomic mass is 16.5. The lowest BCUT2D eigenvalue weighted by Crippen LogP contribution is -2.14. The van der Waals surface area contributed by atoms with Gasteiger partial charge in [0.25, 0.3) is 0 Å². The number of rotatable bonds is 6. The number of fused-ring (bicyclic) bond motifs is 1. The fourth-order valence-corrected chi connectivity index (χ4v) is 1.99. The molecule has 0 saturated heterocycles. The molecule has 96 valence electrons. The monoisotopic (exact) mass is 244 g/mol. The Morgan fingerprint density at radius 2 is 2.06 bits per heavy atom. The molecule has 0 radical (unpaired) electrons. The normalized spacial score (nSPS) is 10.8. The van der Waals surface area contributed by atoms with E-state index in [1.807, 2.05) is 31.2 Å². The van der Waals surface area contributed by atoms with Crippen molar-refractivity contribution in [1.29, 1.82) is 0 Å². The lowest BCUT2D eigenvalue weighted by molar-refractivity contribution is 0.327. The lowest BCUT2D eigenvalue weighted by Gasteiger charge is -2.10. The van der Waals surface area contributed by atoms with Crippen LogP contribution in [0.15, 0.2) is 30.3 Å². The van der Waals surface area contributed by atoms with Crippen molar-refractivity contribution in [3.05, 3.63) is 35.9 Å². The summed E-state index contributed by atoms with van der Waals surface area (Å²) in [5.74, 6) is 0.712. The van der Waals surface area contributed by atoms with Gasteiger partial charge in [0.1, 0.15) is 0 Å². The van der Waals surface area contributed by atoms with E-state index in [0.717, 1.165) is 25.0 Å². The zero-order chi connectivity index (χ0) is 12.8. The molecule has 1 aromatic heterocycles. The van der Waals surface area contributed by atoms with Crippen molar-refractivity contribution >= 4 is 10.9 Å². The number of aromatic nitrogens is 1. The van der Waals surface area contributed by atoms with E-state index in [9.17, 15) is 0 Å². The highest BCUT2D eigenvalue weighted by Gasteiger charge is 2.05. The van der Waals surface area contributed by atoms with Crippen LogP contribution in [0.2, 0.25) is 0 Å². The standard InChI is InChI=1S/C15H20N2O/c1-3-9-16-11-12-10-15(18-4-2)17-14-8-6-5-7-13(12)14/h5-8,10,16H,3-4,9,11H2,1-2H3. The summed E-state index contributed by atoms with van der Waals surface area (Å²) < 4.78 is 5.52. The second-order valence-electron chi connectivity index (χ2n) is 4.25. The Morgan fingerprint density at radius 1 is 1.22 bits per heavy atom. The van der Waals surface area contributed by atoms with Crippen molar-refractivity contribution < 1.29 is 4.74 Å².